The fourth-order valence-electron chi connectivity index (χ4n) is 1.59. The molecule has 0 saturated carbocycles. The lowest BCUT2D eigenvalue weighted by atomic mass is 10.1. The second kappa shape index (κ2) is 4.21. The molecule has 0 saturated heterocycles. The predicted octanol–water partition coefficient (Wildman–Crippen LogP) is 1.83. The number of hydrogen-bond acceptors (Lipinski definition) is 3. The van der Waals surface area contributed by atoms with Gasteiger partial charge in [0, 0.05) is 6.54 Å². The molecule has 2 N–H and O–H groups in total. The van der Waals surface area contributed by atoms with Gasteiger partial charge in [0.05, 0.1) is 6.33 Å². The molecule has 6 heteroatoms. The Labute approximate surface area is 97.5 Å². The third kappa shape index (κ3) is 1.80. The number of imidazole rings is 1. The molecule has 0 radical (unpaired) electrons. The average Bonchev–Trinajstić information content (AvgIpc) is 2.73. The Morgan fingerprint density at radius 1 is 1.62 bits per heavy atom. The van der Waals surface area contributed by atoms with E-state index in [4.69, 9.17) is 12.2 Å². The lowest BCUT2D eigenvalue weighted by molar-refractivity contribution is 0.463. The number of nitrogens with one attached hydrogen (secondary N) is 2. The first-order chi connectivity index (χ1) is 7.63. The van der Waals surface area contributed by atoms with E-state index in [2.05, 4.69) is 28.8 Å². The second-order valence-electron chi connectivity index (χ2n) is 3.98. The molecule has 0 bridgehead atoms. The Balaban J connectivity index is 2.64. The zero-order valence-electron chi connectivity index (χ0n) is 9.28. The third-order valence-electron chi connectivity index (χ3n) is 2.76. The molecule has 2 aromatic rings. The van der Waals surface area contributed by atoms with Crippen molar-refractivity contribution in [3.63, 3.8) is 0 Å². The summed E-state index contributed by atoms with van der Waals surface area (Å²) in [4.78, 5) is 21.5. The summed E-state index contributed by atoms with van der Waals surface area (Å²) in [6.45, 7) is 4.86. The van der Waals surface area contributed by atoms with Crippen LogP contribution in [-0.2, 0) is 6.54 Å². The standard InChI is InChI=1S/C10H14N4OS/c1-3-6(2)4-14-8-7(11-5-12-8)9(16)13-10(14)15/h5-6H,3-4H2,1-2H3,(H,11,12)(H,13,15,16). The van der Waals surface area contributed by atoms with Crippen LogP contribution in [0, 0.1) is 10.6 Å². The van der Waals surface area contributed by atoms with Gasteiger partial charge in [-0.15, -0.1) is 0 Å². The van der Waals surface area contributed by atoms with Crippen molar-refractivity contribution < 1.29 is 0 Å². The zero-order chi connectivity index (χ0) is 11.7. The maximum absolute atomic E-state index is 11.8. The lowest BCUT2D eigenvalue weighted by Gasteiger charge is -2.11. The van der Waals surface area contributed by atoms with Crippen LogP contribution in [0.15, 0.2) is 11.1 Å². The van der Waals surface area contributed by atoms with Crippen LogP contribution in [0.25, 0.3) is 11.2 Å². The Kier molecular flexibility index (Phi) is 2.91. The van der Waals surface area contributed by atoms with Crippen molar-refractivity contribution >= 4 is 23.4 Å². The van der Waals surface area contributed by atoms with Crippen LogP contribution >= 0.6 is 12.2 Å². The monoisotopic (exact) mass is 238 g/mol. The minimum Gasteiger partial charge on any atom is -0.341 e. The molecule has 0 aliphatic rings. The topological polar surface area (TPSA) is 66.5 Å². The van der Waals surface area contributed by atoms with Gasteiger partial charge in [-0.05, 0) is 5.92 Å². The molecule has 0 fully saturated rings. The van der Waals surface area contributed by atoms with Crippen LogP contribution in [-0.4, -0.2) is 19.5 Å². The van der Waals surface area contributed by atoms with Gasteiger partial charge >= 0.3 is 5.69 Å². The number of aromatic nitrogens is 4. The van der Waals surface area contributed by atoms with E-state index >= 15 is 0 Å². The summed E-state index contributed by atoms with van der Waals surface area (Å²) in [6.07, 6.45) is 2.58. The Morgan fingerprint density at radius 2 is 2.38 bits per heavy atom. The number of hydrogen-bond donors (Lipinski definition) is 2. The first kappa shape index (κ1) is 11.1. The van der Waals surface area contributed by atoms with E-state index in [-0.39, 0.29) is 5.69 Å². The highest BCUT2D eigenvalue weighted by Crippen LogP contribution is 2.10. The van der Waals surface area contributed by atoms with Gasteiger partial charge in [-0.25, -0.2) is 9.78 Å². The van der Waals surface area contributed by atoms with Crippen LogP contribution < -0.4 is 5.69 Å². The van der Waals surface area contributed by atoms with Crippen molar-refractivity contribution in [1.29, 1.82) is 0 Å². The van der Waals surface area contributed by atoms with E-state index in [1.807, 2.05) is 0 Å². The average molecular weight is 238 g/mol. The number of rotatable bonds is 3. The number of aromatic amines is 2. The molecule has 86 valence electrons. The van der Waals surface area contributed by atoms with Crippen LogP contribution in [0.4, 0.5) is 0 Å². The quantitative estimate of drug-likeness (QED) is 0.802. The molecule has 0 aromatic carbocycles. The lowest BCUT2D eigenvalue weighted by Crippen LogP contribution is -2.26. The van der Waals surface area contributed by atoms with E-state index in [0.29, 0.717) is 22.8 Å². The summed E-state index contributed by atoms with van der Waals surface area (Å²) in [5.74, 6) is 0.432. The highest BCUT2D eigenvalue weighted by Gasteiger charge is 2.09. The van der Waals surface area contributed by atoms with Crippen molar-refractivity contribution in [1.82, 2.24) is 19.5 Å². The molecule has 1 atom stereocenters. The van der Waals surface area contributed by atoms with Gasteiger partial charge < -0.3 is 4.98 Å². The largest absolute Gasteiger partial charge is 0.341 e. The summed E-state index contributed by atoms with van der Waals surface area (Å²) in [7, 11) is 0. The third-order valence-corrected chi connectivity index (χ3v) is 3.07. The smallest absolute Gasteiger partial charge is 0.328 e. The molecular formula is C10H14N4OS. The summed E-state index contributed by atoms with van der Waals surface area (Å²) >= 11 is 5.06. The molecule has 2 heterocycles. The van der Waals surface area contributed by atoms with Gasteiger partial charge in [0.1, 0.15) is 10.2 Å². The van der Waals surface area contributed by atoms with Crippen molar-refractivity contribution in [2.45, 2.75) is 26.8 Å². The Hall–Kier alpha value is -1.43. The van der Waals surface area contributed by atoms with Crippen molar-refractivity contribution in [2.24, 2.45) is 5.92 Å². The highest BCUT2D eigenvalue weighted by molar-refractivity contribution is 7.71. The Morgan fingerprint density at radius 3 is 3.06 bits per heavy atom. The first-order valence-electron chi connectivity index (χ1n) is 5.29. The fraction of sp³-hybridized carbons (Fsp3) is 0.500. The highest BCUT2D eigenvalue weighted by atomic mass is 32.1. The van der Waals surface area contributed by atoms with Gasteiger partial charge in [0.2, 0.25) is 0 Å². The molecule has 0 aliphatic heterocycles. The van der Waals surface area contributed by atoms with Gasteiger partial charge in [-0.1, -0.05) is 32.5 Å². The SMILES string of the molecule is CCC(C)Cn1c(=O)[nH]c(=S)c2[nH]cnc21. The van der Waals surface area contributed by atoms with E-state index in [1.54, 1.807) is 10.9 Å². The maximum Gasteiger partial charge on any atom is 0.328 e. The summed E-state index contributed by atoms with van der Waals surface area (Å²) in [6, 6.07) is 0. The number of H-pyrrole nitrogens is 2. The van der Waals surface area contributed by atoms with E-state index in [0.717, 1.165) is 11.9 Å². The van der Waals surface area contributed by atoms with Gasteiger partial charge in [-0.3, -0.25) is 9.55 Å². The van der Waals surface area contributed by atoms with Crippen LogP contribution in [0.5, 0.6) is 0 Å². The molecule has 1 unspecified atom stereocenters. The molecular weight excluding hydrogens is 224 g/mol. The van der Waals surface area contributed by atoms with E-state index in [9.17, 15) is 4.79 Å². The minimum absolute atomic E-state index is 0.190. The van der Waals surface area contributed by atoms with E-state index < -0.39 is 0 Å². The molecule has 2 aromatic heterocycles. The van der Waals surface area contributed by atoms with Crippen molar-refractivity contribution in [2.75, 3.05) is 0 Å². The molecule has 0 spiro atoms. The summed E-state index contributed by atoms with van der Waals surface area (Å²) in [5.41, 5.74) is 1.16. The van der Waals surface area contributed by atoms with Crippen LogP contribution in [0.3, 0.4) is 0 Å². The van der Waals surface area contributed by atoms with Gasteiger partial charge in [-0.2, -0.15) is 0 Å². The number of fused-ring (bicyclic) bond motifs is 1. The molecule has 5 nitrogen and oxygen atoms in total. The van der Waals surface area contributed by atoms with Gasteiger partial charge in [0.25, 0.3) is 0 Å². The molecule has 0 aliphatic carbocycles. The Bertz CT molecular complexity index is 609. The fourth-order valence-corrected chi connectivity index (χ4v) is 1.83. The predicted molar refractivity (Wildman–Crippen MR) is 65.0 cm³/mol. The van der Waals surface area contributed by atoms with Gasteiger partial charge in [0.15, 0.2) is 5.65 Å². The summed E-state index contributed by atoms with van der Waals surface area (Å²) < 4.78 is 2.05. The molecule has 2 rings (SSSR count). The zero-order valence-corrected chi connectivity index (χ0v) is 10.1. The van der Waals surface area contributed by atoms with Crippen molar-refractivity contribution in [3.8, 4) is 0 Å². The molecule has 0 amide bonds. The molecule has 16 heavy (non-hydrogen) atoms. The number of nitrogens with zero attached hydrogens (tertiary/aromatic N) is 2. The van der Waals surface area contributed by atoms with Crippen molar-refractivity contribution in [3.05, 3.63) is 21.5 Å². The first-order valence-corrected chi connectivity index (χ1v) is 5.70. The van der Waals surface area contributed by atoms with E-state index in [1.165, 1.54) is 0 Å². The summed E-state index contributed by atoms with van der Waals surface area (Å²) in [5, 5.41) is 0. The normalized spacial score (nSPS) is 13.1. The second-order valence-corrected chi connectivity index (χ2v) is 4.39. The maximum atomic E-state index is 11.8. The van der Waals surface area contributed by atoms with Crippen LogP contribution in [0.2, 0.25) is 0 Å². The van der Waals surface area contributed by atoms with Crippen LogP contribution in [0.1, 0.15) is 20.3 Å². The minimum atomic E-state index is -0.190.